The number of amides is 1. The van der Waals surface area contributed by atoms with Gasteiger partial charge in [0.2, 0.25) is 0 Å². The molecule has 0 aliphatic heterocycles. The van der Waals surface area contributed by atoms with Gasteiger partial charge in [-0.25, -0.2) is 4.68 Å². The second kappa shape index (κ2) is 6.47. The molecule has 1 unspecified atom stereocenters. The molecule has 20 heavy (non-hydrogen) atoms. The van der Waals surface area contributed by atoms with Gasteiger partial charge in [-0.05, 0) is 31.4 Å². The molecule has 0 spiro atoms. The van der Waals surface area contributed by atoms with E-state index in [2.05, 4.69) is 10.4 Å². The molecule has 1 aromatic heterocycles. The fraction of sp³-hybridized carbons (Fsp3) is 0.286. The molecule has 0 bridgehead atoms. The number of nitrogen functional groups attached to an aromatic ring is 1. The molecule has 5 nitrogen and oxygen atoms in total. The maximum absolute atomic E-state index is 12.0. The van der Waals surface area contributed by atoms with Crippen LogP contribution in [-0.2, 0) is 0 Å². The number of hydrogen-bond acceptors (Lipinski definition) is 4. The number of nitrogens with zero attached hydrogens (tertiary/aromatic N) is 2. The second-order valence-corrected chi connectivity index (χ2v) is 5.44. The Morgan fingerprint density at radius 2 is 2.20 bits per heavy atom. The SMILES string of the molecule is CSCC(C)NC(=O)c1ccn(-c2ccccc2N)n1. The van der Waals surface area contributed by atoms with Crippen LogP contribution >= 0.6 is 11.8 Å². The van der Waals surface area contributed by atoms with Crippen molar-refractivity contribution >= 4 is 23.4 Å². The van der Waals surface area contributed by atoms with Crippen LogP contribution in [0.3, 0.4) is 0 Å². The molecule has 0 radical (unpaired) electrons. The number of para-hydroxylation sites is 2. The van der Waals surface area contributed by atoms with E-state index in [0.717, 1.165) is 11.4 Å². The average molecular weight is 290 g/mol. The molecule has 1 atom stereocenters. The van der Waals surface area contributed by atoms with Gasteiger partial charge in [-0.1, -0.05) is 12.1 Å². The van der Waals surface area contributed by atoms with Crippen molar-refractivity contribution in [1.29, 1.82) is 0 Å². The number of carbonyl (C=O) groups excluding carboxylic acids is 1. The number of aromatic nitrogens is 2. The third-order valence-electron chi connectivity index (χ3n) is 2.80. The van der Waals surface area contributed by atoms with Crippen LogP contribution in [0.2, 0.25) is 0 Å². The largest absolute Gasteiger partial charge is 0.397 e. The van der Waals surface area contributed by atoms with E-state index in [9.17, 15) is 4.79 Å². The van der Waals surface area contributed by atoms with Crippen molar-refractivity contribution in [1.82, 2.24) is 15.1 Å². The Kier molecular flexibility index (Phi) is 4.68. The highest BCUT2D eigenvalue weighted by atomic mass is 32.2. The lowest BCUT2D eigenvalue weighted by Crippen LogP contribution is -2.34. The average Bonchev–Trinajstić information content (AvgIpc) is 2.89. The molecule has 1 heterocycles. The molecular formula is C14H18N4OS. The van der Waals surface area contributed by atoms with Crippen molar-refractivity contribution in [2.24, 2.45) is 0 Å². The van der Waals surface area contributed by atoms with Crippen molar-refractivity contribution < 1.29 is 4.79 Å². The quantitative estimate of drug-likeness (QED) is 0.825. The topological polar surface area (TPSA) is 72.9 Å². The van der Waals surface area contributed by atoms with Crippen LogP contribution < -0.4 is 11.1 Å². The Balaban J connectivity index is 2.13. The standard InChI is InChI=1S/C14H18N4OS/c1-10(9-20-2)16-14(19)12-7-8-18(17-12)13-6-4-3-5-11(13)15/h3-8,10H,9,15H2,1-2H3,(H,16,19). The lowest BCUT2D eigenvalue weighted by molar-refractivity contribution is 0.0938. The number of nitrogens with two attached hydrogens (primary N) is 1. The number of anilines is 1. The Labute approximate surface area is 122 Å². The fourth-order valence-electron chi connectivity index (χ4n) is 1.86. The molecular weight excluding hydrogens is 272 g/mol. The summed E-state index contributed by atoms with van der Waals surface area (Å²) in [4.78, 5) is 12.0. The van der Waals surface area contributed by atoms with E-state index in [1.165, 1.54) is 0 Å². The molecule has 0 saturated carbocycles. The lowest BCUT2D eigenvalue weighted by atomic mass is 10.3. The van der Waals surface area contributed by atoms with E-state index in [-0.39, 0.29) is 11.9 Å². The normalized spacial score (nSPS) is 12.1. The van der Waals surface area contributed by atoms with Gasteiger partial charge in [-0.15, -0.1) is 0 Å². The summed E-state index contributed by atoms with van der Waals surface area (Å²) in [5.41, 5.74) is 7.67. The molecule has 0 saturated heterocycles. The van der Waals surface area contributed by atoms with Gasteiger partial charge < -0.3 is 11.1 Å². The van der Waals surface area contributed by atoms with Crippen LogP contribution in [0.5, 0.6) is 0 Å². The van der Waals surface area contributed by atoms with Gasteiger partial charge in [-0.3, -0.25) is 4.79 Å². The molecule has 0 aliphatic rings. The van der Waals surface area contributed by atoms with E-state index in [4.69, 9.17) is 5.73 Å². The van der Waals surface area contributed by atoms with E-state index in [1.807, 2.05) is 31.4 Å². The summed E-state index contributed by atoms with van der Waals surface area (Å²) in [6.45, 7) is 1.97. The predicted molar refractivity (Wildman–Crippen MR) is 83.3 cm³/mol. The summed E-state index contributed by atoms with van der Waals surface area (Å²) in [5, 5.41) is 7.18. The van der Waals surface area contributed by atoms with Gasteiger partial charge in [0.05, 0.1) is 11.4 Å². The van der Waals surface area contributed by atoms with E-state index >= 15 is 0 Å². The summed E-state index contributed by atoms with van der Waals surface area (Å²) in [5.74, 6) is 0.706. The first-order chi connectivity index (χ1) is 9.61. The number of benzene rings is 1. The van der Waals surface area contributed by atoms with Gasteiger partial charge in [-0.2, -0.15) is 16.9 Å². The fourth-order valence-corrected chi connectivity index (χ4v) is 2.45. The molecule has 2 aromatic rings. The zero-order valence-corrected chi connectivity index (χ0v) is 12.4. The number of carbonyl (C=O) groups is 1. The maximum atomic E-state index is 12.0. The maximum Gasteiger partial charge on any atom is 0.272 e. The van der Waals surface area contributed by atoms with Gasteiger partial charge in [0, 0.05) is 18.0 Å². The lowest BCUT2D eigenvalue weighted by Gasteiger charge is -2.10. The van der Waals surface area contributed by atoms with Crippen molar-refractivity contribution in [2.75, 3.05) is 17.7 Å². The Morgan fingerprint density at radius 1 is 1.45 bits per heavy atom. The highest BCUT2D eigenvalue weighted by Gasteiger charge is 2.13. The van der Waals surface area contributed by atoms with Crippen LogP contribution in [-0.4, -0.2) is 33.7 Å². The zero-order valence-electron chi connectivity index (χ0n) is 11.5. The molecule has 2 rings (SSSR count). The third-order valence-corrected chi connectivity index (χ3v) is 3.63. The highest BCUT2D eigenvalue weighted by Crippen LogP contribution is 2.15. The van der Waals surface area contributed by atoms with Crippen molar-refractivity contribution in [3.05, 3.63) is 42.2 Å². The minimum Gasteiger partial charge on any atom is -0.397 e. The van der Waals surface area contributed by atoms with Crippen molar-refractivity contribution in [2.45, 2.75) is 13.0 Å². The van der Waals surface area contributed by atoms with Crippen LogP contribution in [0.1, 0.15) is 17.4 Å². The predicted octanol–water partition coefficient (Wildman–Crippen LogP) is 1.94. The van der Waals surface area contributed by atoms with Gasteiger partial charge in [0.1, 0.15) is 0 Å². The molecule has 106 valence electrons. The van der Waals surface area contributed by atoms with E-state index in [0.29, 0.717) is 11.4 Å². The molecule has 6 heteroatoms. The highest BCUT2D eigenvalue weighted by molar-refractivity contribution is 7.98. The van der Waals surface area contributed by atoms with Gasteiger partial charge >= 0.3 is 0 Å². The third kappa shape index (κ3) is 3.33. The van der Waals surface area contributed by atoms with Crippen LogP contribution in [0.25, 0.3) is 5.69 Å². The molecule has 3 N–H and O–H groups in total. The smallest absolute Gasteiger partial charge is 0.272 e. The number of nitrogens with one attached hydrogen (secondary N) is 1. The summed E-state index contributed by atoms with van der Waals surface area (Å²) in [6.07, 6.45) is 3.75. The van der Waals surface area contributed by atoms with Crippen LogP contribution in [0.4, 0.5) is 5.69 Å². The Morgan fingerprint density at radius 3 is 2.90 bits per heavy atom. The number of thioether (sulfide) groups is 1. The summed E-state index contributed by atoms with van der Waals surface area (Å²) >= 11 is 1.69. The number of hydrogen-bond donors (Lipinski definition) is 2. The zero-order chi connectivity index (χ0) is 14.5. The van der Waals surface area contributed by atoms with Crippen LogP contribution in [0.15, 0.2) is 36.5 Å². The molecule has 1 aromatic carbocycles. The molecule has 0 aliphatic carbocycles. The van der Waals surface area contributed by atoms with E-state index < -0.39 is 0 Å². The monoisotopic (exact) mass is 290 g/mol. The molecule has 0 fully saturated rings. The first-order valence-corrected chi connectivity index (χ1v) is 7.71. The number of rotatable bonds is 5. The molecule has 1 amide bonds. The van der Waals surface area contributed by atoms with Crippen molar-refractivity contribution in [3.8, 4) is 5.69 Å². The minimum atomic E-state index is -0.167. The Hall–Kier alpha value is -1.95. The summed E-state index contributed by atoms with van der Waals surface area (Å²) < 4.78 is 1.61. The summed E-state index contributed by atoms with van der Waals surface area (Å²) in [7, 11) is 0. The summed E-state index contributed by atoms with van der Waals surface area (Å²) in [6, 6.07) is 9.21. The van der Waals surface area contributed by atoms with E-state index in [1.54, 1.807) is 34.8 Å². The Bertz CT molecular complexity index is 596. The first-order valence-electron chi connectivity index (χ1n) is 6.32. The van der Waals surface area contributed by atoms with Gasteiger partial charge in [0.15, 0.2) is 5.69 Å². The first kappa shape index (κ1) is 14.5. The van der Waals surface area contributed by atoms with Crippen molar-refractivity contribution in [3.63, 3.8) is 0 Å². The minimum absolute atomic E-state index is 0.115. The second-order valence-electron chi connectivity index (χ2n) is 4.53. The van der Waals surface area contributed by atoms with Gasteiger partial charge in [0.25, 0.3) is 5.91 Å². The van der Waals surface area contributed by atoms with Crippen LogP contribution in [0, 0.1) is 0 Å².